The van der Waals surface area contributed by atoms with Crippen LogP contribution in [0.3, 0.4) is 0 Å². The quantitative estimate of drug-likeness (QED) is 0.0270. The molecule has 8 nitrogen and oxygen atoms in total. The van der Waals surface area contributed by atoms with E-state index in [9.17, 15) is 25.9 Å². The second-order valence-corrected chi connectivity index (χ2v) is 23.1. The van der Waals surface area contributed by atoms with Gasteiger partial charge in [-0.05, 0) is 51.4 Å². The van der Waals surface area contributed by atoms with Gasteiger partial charge in [-0.2, -0.15) is 0 Å². The lowest BCUT2D eigenvalue weighted by Gasteiger charge is -2.28. The lowest BCUT2D eigenvalue weighted by Crippen LogP contribution is -2.12. The van der Waals surface area contributed by atoms with Gasteiger partial charge in [-0.1, -0.05) is 107 Å². The van der Waals surface area contributed by atoms with Crippen LogP contribution in [0.1, 0.15) is 158 Å². The summed E-state index contributed by atoms with van der Waals surface area (Å²) in [6, 6.07) is 0. The minimum atomic E-state index is -5.31. The molecule has 0 aliphatic heterocycles. The van der Waals surface area contributed by atoms with E-state index in [0.717, 1.165) is 0 Å². The third-order valence-corrected chi connectivity index (χ3v) is 18.8. The SMILES string of the molecule is CCCC[P+](CCCC)(CCCC)CCCC.CCCC[P+](CCCC)(CCCC)CCCC.O=S(=O)([O-])OOS(=O)(=O)[O-]. The Labute approximate surface area is 276 Å². The fourth-order valence-electron chi connectivity index (χ4n) is 5.36. The van der Waals surface area contributed by atoms with Crippen LogP contribution in [0.2, 0.25) is 0 Å². The van der Waals surface area contributed by atoms with E-state index in [-0.39, 0.29) is 0 Å². The summed E-state index contributed by atoms with van der Waals surface area (Å²) in [7, 11) is -11.7. The summed E-state index contributed by atoms with van der Waals surface area (Å²) in [5.74, 6) is 0. The molecule has 0 N–H and O–H groups in total. The number of rotatable bonds is 27. The molecule has 0 amide bonds. The van der Waals surface area contributed by atoms with E-state index in [0.29, 0.717) is 0 Å². The summed E-state index contributed by atoms with van der Waals surface area (Å²) in [6.45, 7) is 18.8. The van der Waals surface area contributed by atoms with Crippen molar-refractivity contribution in [2.45, 2.75) is 158 Å². The van der Waals surface area contributed by atoms with Gasteiger partial charge in [0.25, 0.3) is 0 Å². The molecule has 0 rings (SSSR count). The average Bonchev–Trinajstić information content (AvgIpc) is 2.98. The van der Waals surface area contributed by atoms with E-state index in [2.05, 4.69) is 64.1 Å². The molecule has 0 aromatic carbocycles. The first-order chi connectivity index (χ1) is 20.7. The molecule has 0 aliphatic carbocycles. The molecule has 0 aliphatic rings. The van der Waals surface area contributed by atoms with Crippen molar-refractivity contribution >= 4 is 35.3 Å². The van der Waals surface area contributed by atoms with Gasteiger partial charge in [-0.3, -0.25) is 0 Å². The third kappa shape index (κ3) is 32.5. The first-order valence-corrected chi connectivity index (χ1v) is 25.4. The summed E-state index contributed by atoms with van der Waals surface area (Å²) >= 11 is 0. The van der Waals surface area contributed by atoms with Crippen LogP contribution in [-0.2, 0) is 29.5 Å². The Bertz CT molecular complexity index is 681. The lowest BCUT2D eigenvalue weighted by molar-refractivity contribution is -0.107. The minimum Gasteiger partial charge on any atom is -0.724 e. The molecule has 0 spiro atoms. The Kier molecular flexibility index (Phi) is 34.4. The lowest BCUT2D eigenvalue weighted by atomic mass is 10.4. The molecule has 0 fully saturated rings. The molecule has 0 bridgehead atoms. The molecular formula is C32H72O8P2S2. The fourth-order valence-corrected chi connectivity index (χ4v) is 16.5. The molecule has 12 heteroatoms. The molecule has 0 radical (unpaired) electrons. The van der Waals surface area contributed by atoms with Gasteiger partial charge >= 0.3 is 0 Å². The summed E-state index contributed by atoms with van der Waals surface area (Å²) in [6.07, 6.45) is 35.9. The average molecular weight is 711 g/mol. The standard InChI is InChI=1S/2C16H36P.H2O8S2/c2*1-5-9-13-17(14-10-6-2,15-11-7-3)16-12-8-4;1-9(2,3)7-8-10(4,5)6/h2*5-16H2,1-4H3;(H,1,2,3)(H,4,5,6)/q2*+1;/p-2. The van der Waals surface area contributed by atoms with Crippen LogP contribution in [0.15, 0.2) is 0 Å². The van der Waals surface area contributed by atoms with Crippen LogP contribution in [0, 0.1) is 0 Å². The topological polar surface area (TPSA) is 133 Å². The van der Waals surface area contributed by atoms with Crippen molar-refractivity contribution in [3.63, 3.8) is 0 Å². The third-order valence-electron chi connectivity index (χ3n) is 8.08. The second kappa shape index (κ2) is 30.9. The van der Waals surface area contributed by atoms with Crippen LogP contribution in [0.4, 0.5) is 0 Å². The van der Waals surface area contributed by atoms with Gasteiger partial charge in [-0.15, -0.1) is 8.67 Å². The zero-order valence-corrected chi connectivity index (χ0v) is 33.4. The maximum atomic E-state index is 9.37. The highest BCUT2D eigenvalue weighted by atomic mass is 32.3. The predicted molar refractivity (Wildman–Crippen MR) is 194 cm³/mol. The van der Waals surface area contributed by atoms with Crippen molar-refractivity contribution in [2.75, 3.05) is 49.3 Å². The molecule has 270 valence electrons. The van der Waals surface area contributed by atoms with Gasteiger partial charge in [0.15, 0.2) is 0 Å². The van der Waals surface area contributed by atoms with Gasteiger partial charge < -0.3 is 9.11 Å². The van der Waals surface area contributed by atoms with Crippen LogP contribution in [0.5, 0.6) is 0 Å². The van der Waals surface area contributed by atoms with Crippen molar-refractivity contribution in [1.82, 2.24) is 0 Å². The monoisotopic (exact) mass is 710 g/mol. The van der Waals surface area contributed by atoms with Gasteiger partial charge in [-0.25, -0.2) is 16.8 Å². The maximum Gasteiger partial charge on any atom is 0.246 e. The van der Waals surface area contributed by atoms with Crippen LogP contribution >= 0.6 is 14.5 Å². The fraction of sp³-hybridized carbons (Fsp3) is 1.00. The number of hydrogen-bond donors (Lipinski definition) is 0. The Morgan fingerprint density at radius 2 is 0.500 bits per heavy atom. The Balaban J connectivity index is -0.000000594. The highest BCUT2D eigenvalue weighted by Gasteiger charge is 2.35. The predicted octanol–water partition coefficient (Wildman–Crippen LogP) is 10.3. The Hall–Kier alpha value is 0.600. The molecule has 0 saturated carbocycles. The van der Waals surface area contributed by atoms with E-state index in [1.165, 1.54) is 103 Å². The molecule has 44 heavy (non-hydrogen) atoms. The van der Waals surface area contributed by atoms with E-state index >= 15 is 0 Å². The van der Waals surface area contributed by atoms with E-state index in [4.69, 9.17) is 0 Å². The molecule has 0 unspecified atom stereocenters. The van der Waals surface area contributed by atoms with Crippen molar-refractivity contribution in [1.29, 1.82) is 0 Å². The number of hydrogen-bond acceptors (Lipinski definition) is 8. The van der Waals surface area contributed by atoms with E-state index in [1.54, 1.807) is 49.3 Å². The molecule has 0 saturated heterocycles. The molecule has 0 aromatic rings. The van der Waals surface area contributed by atoms with Crippen molar-refractivity contribution < 1.29 is 34.6 Å². The van der Waals surface area contributed by atoms with E-state index < -0.39 is 35.3 Å². The van der Waals surface area contributed by atoms with Crippen LogP contribution in [-0.4, -0.2) is 75.2 Å². The summed E-state index contributed by atoms with van der Waals surface area (Å²) in [4.78, 5) is 0. The van der Waals surface area contributed by atoms with Gasteiger partial charge in [0, 0.05) is 14.5 Å². The number of unbranched alkanes of at least 4 members (excludes halogenated alkanes) is 8. The Morgan fingerprint density at radius 3 is 0.591 bits per heavy atom. The molecular weight excluding hydrogens is 638 g/mol. The largest absolute Gasteiger partial charge is 0.724 e. The smallest absolute Gasteiger partial charge is 0.246 e. The zero-order chi connectivity index (χ0) is 34.4. The summed E-state index contributed by atoms with van der Waals surface area (Å²) in [5, 5.41) is 0. The first-order valence-electron chi connectivity index (χ1n) is 17.7. The minimum absolute atomic E-state index is 0.562. The van der Waals surface area contributed by atoms with Crippen molar-refractivity contribution in [3.05, 3.63) is 0 Å². The summed E-state index contributed by atoms with van der Waals surface area (Å²) in [5.41, 5.74) is 0. The Morgan fingerprint density at radius 1 is 0.364 bits per heavy atom. The second-order valence-electron chi connectivity index (χ2n) is 12.3. The summed E-state index contributed by atoms with van der Waals surface area (Å²) < 4.78 is 61.5. The molecule has 0 aromatic heterocycles. The highest BCUT2D eigenvalue weighted by molar-refractivity contribution is 7.83. The molecule has 0 atom stereocenters. The van der Waals surface area contributed by atoms with Crippen LogP contribution in [0.25, 0.3) is 0 Å². The van der Waals surface area contributed by atoms with E-state index in [1.807, 2.05) is 0 Å². The van der Waals surface area contributed by atoms with Gasteiger partial charge in [0.05, 0.1) is 49.3 Å². The van der Waals surface area contributed by atoms with Crippen LogP contribution < -0.4 is 0 Å². The first kappa shape index (κ1) is 49.0. The molecule has 0 heterocycles. The normalized spacial score (nSPS) is 12.3. The van der Waals surface area contributed by atoms with Crippen molar-refractivity contribution in [3.8, 4) is 0 Å². The maximum absolute atomic E-state index is 9.37. The van der Waals surface area contributed by atoms with Gasteiger partial charge in [0.2, 0.25) is 20.8 Å². The van der Waals surface area contributed by atoms with Gasteiger partial charge in [0.1, 0.15) is 0 Å². The highest BCUT2D eigenvalue weighted by Crippen LogP contribution is 2.62. The zero-order valence-electron chi connectivity index (χ0n) is 29.9. The van der Waals surface area contributed by atoms with Crippen molar-refractivity contribution in [2.24, 2.45) is 0 Å².